The van der Waals surface area contributed by atoms with E-state index in [1.807, 2.05) is 12.1 Å². The van der Waals surface area contributed by atoms with Crippen molar-refractivity contribution in [2.75, 3.05) is 19.8 Å². The molecular weight excluding hydrogens is 358 g/mol. The normalized spacial score (nSPS) is 13.3. The molecule has 0 fully saturated rings. The summed E-state index contributed by atoms with van der Waals surface area (Å²) in [7, 11) is 0. The van der Waals surface area contributed by atoms with E-state index in [1.165, 1.54) is 0 Å². The molecule has 0 spiro atoms. The van der Waals surface area contributed by atoms with Crippen molar-refractivity contribution in [3.8, 4) is 5.69 Å². The quantitative estimate of drug-likeness (QED) is 0.765. The van der Waals surface area contributed by atoms with E-state index in [-0.39, 0.29) is 18.8 Å². The molecule has 3 rings (SSSR count). The summed E-state index contributed by atoms with van der Waals surface area (Å²) in [4.78, 5) is 26.0. The summed E-state index contributed by atoms with van der Waals surface area (Å²) in [5.74, 6) is -0.498. The van der Waals surface area contributed by atoms with E-state index < -0.39 is 12.1 Å². The van der Waals surface area contributed by atoms with Crippen molar-refractivity contribution in [2.45, 2.75) is 26.8 Å². The van der Waals surface area contributed by atoms with Crippen molar-refractivity contribution in [2.24, 2.45) is 0 Å². The average Bonchev–Trinajstić information content (AvgIpc) is 3.02. The lowest BCUT2D eigenvalue weighted by atomic mass is 10.1. The van der Waals surface area contributed by atoms with E-state index in [9.17, 15) is 9.59 Å². The van der Waals surface area contributed by atoms with Crippen LogP contribution >= 0.6 is 11.6 Å². The van der Waals surface area contributed by atoms with Gasteiger partial charge in [0.1, 0.15) is 0 Å². The Bertz CT molecular complexity index is 817. The van der Waals surface area contributed by atoms with Crippen LogP contribution in [0, 0.1) is 0 Å². The smallest absolute Gasteiger partial charge is 0.410 e. The Morgan fingerprint density at radius 1 is 1.15 bits per heavy atom. The Kier molecular flexibility index (Phi) is 5.46. The number of esters is 1. The van der Waals surface area contributed by atoms with Gasteiger partial charge in [-0.15, -0.1) is 0 Å². The molecule has 0 radical (unpaired) electrons. The number of amides is 1. The molecule has 0 bridgehead atoms. The van der Waals surface area contributed by atoms with Crippen LogP contribution in [0.25, 0.3) is 5.69 Å². The van der Waals surface area contributed by atoms with Crippen LogP contribution < -0.4 is 0 Å². The number of aromatic nitrogens is 2. The Morgan fingerprint density at radius 2 is 1.85 bits per heavy atom. The van der Waals surface area contributed by atoms with E-state index in [1.54, 1.807) is 35.6 Å². The summed E-state index contributed by atoms with van der Waals surface area (Å²) in [6, 6.07) is 7.20. The lowest BCUT2D eigenvalue weighted by molar-refractivity contribution is 0.0514. The third kappa shape index (κ3) is 3.53. The van der Waals surface area contributed by atoms with Gasteiger partial charge in [0.2, 0.25) is 0 Å². The van der Waals surface area contributed by atoms with Gasteiger partial charge in [-0.1, -0.05) is 11.6 Å². The summed E-state index contributed by atoms with van der Waals surface area (Å²) < 4.78 is 11.9. The number of nitrogens with zero attached hydrogens (tertiary/aromatic N) is 3. The van der Waals surface area contributed by atoms with Crippen molar-refractivity contribution >= 4 is 23.7 Å². The third-order valence-corrected chi connectivity index (χ3v) is 4.38. The summed E-state index contributed by atoms with van der Waals surface area (Å²) in [5.41, 5.74) is 2.60. The molecule has 1 aliphatic heterocycles. The molecule has 0 unspecified atom stereocenters. The molecule has 1 aliphatic rings. The predicted octanol–water partition coefficient (Wildman–Crippen LogP) is 3.22. The molecule has 0 saturated carbocycles. The van der Waals surface area contributed by atoms with Gasteiger partial charge < -0.3 is 14.4 Å². The van der Waals surface area contributed by atoms with Crippen LogP contribution in [0.15, 0.2) is 24.3 Å². The zero-order valence-corrected chi connectivity index (χ0v) is 15.5. The second kappa shape index (κ2) is 7.78. The summed E-state index contributed by atoms with van der Waals surface area (Å²) in [6.07, 6.45) is 0.163. The van der Waals surface area contributed by atoms with Gasteiger partial charge in [0.25, 0.3) is 0 Å². The first kappa shape index (κ1) is 18.3. The fraction of sp³-hybridized carbons (Fsp3) is 0.389. The van der Waals surface area contributed by atoms with Gasteiger partial charge in [-0.3, -0.25) is 0 Å². The maximum atomic E-state index is 12.4. The van der Waals surface area contributed by atoms with Gasteiger partial charge in [0.15, 0.2) is 5.69 Å². The van der Waals surface area contributed by atoms with Crippen LogP contribution in [-0.2, 0) is 22.4 Å². The molecule has 0 saturated heterocycles. The van der Waals surface area contributed by atoms with E-state index in [4.69, 9.17) is 21.1 Å². The molecule has 0 atom stereocenters. The van der Waals surface area contributed by atoms with Crippen molar-refractivity contribution in [3.05, 3.63) is 46.2 Å². The van der Waals surface area contributed by atoms with Gasteiger partial charge in [0.05, 0.1) is 31.1 Å². The first-order valence-corrected chi connectivity index (χ1v) is 8.88. The highest BCUT2D eigenvalue weighted by Crippen LogP contribution is 2.27. The minimum Gasteiger partial charge on any atom is -0.461 e. The number of ether oxygens (including phenoxy) is 2. The Morgan fingerprint density at radius 3 is 2.50 bits per heavy atom. The third-order valence-electron chi connectivity index (χ3n) is 4.12. The fourth-order valence-corrected chi connectivity index (χ4v) is 3.07. The molecule has 7 nitrogen and oxygen atoms in total. The van der Waals surface area contributed by atoms with E-state index in [2.05, 4.69) is 5.10 Å². The Balaban J connectivity index is 2.01. The Labute approximate surface area is 156 Å². The van der Waals surface area contributed by atoms with Crippen LogP contribution in [0.5, 0.6) is 0 Å². The van der Waals surface area contributed by atoms with Crippen LogP contribution in [0.1, 0.15) is 35.6 Å². The van der Waals surface area contributed by atoms with Gasteiger partial charge in [-0.25, -0.2) is 14.3 Å². The number of rotatable bonds is 4. The second-order valence-corrected chi connectivity index (χ2v) is 6.19. The predicted molar refractivity (Wildman–Crippen MR) is 95.7 cm³/mol. The maximum absolute atomic E-state index is 12.4. The van der Waals surface area contributed by atoms with Gasteiger partial charge >= 0.3 is 12.1 Å². The van der Waals surface area contributed by atoms with Crippen molar-refractivity contribution < 1.29 is 19.1 Å². The highest BCUT2D eigenvalue weighted by Gasteiger charge is 2.31. The largest absolute Gasteiger partial charge is 0.461 e. The van der Waals surface area contributed by atoms with Crippen LogP contribution in [-0.4, -0.2) is 46.5 Å². The van der Waals surface area contributed by atoms with Crippen LogP contribution in [0.4, 0.5) is 4.79 Å². The molecule has 26 heavy (non-hydrogen) atoms. The summed E-state index contributed by atoms with van der Waals surface area (Å²) in [5, 5.41) is 5.09. The van der Waals surface area contributed by atoms with Crippen molar-refractivity contribution in [3.63, 3.8) is 0 Å². The van der Waals surface area contributed by atoms with Crippen LogP contribution in [0.3, 0.4) is 0 Å². The first-order chi connectivity index (χ1) is 12.5. The zero-order valence-electron chi connectivity index (χ0n) is 14.7. The molecule has 1 aromatic heterocycles. The van der Waals surface area contributed by atoms with Crippen molar-refractivity contribution in [1.29, 1.82) is 0 Å². The lowest BCUT2D eigenvalue weighted by Gasteiger charge is -2.26. The number of halogens is 1. The first-order valence-electron chi connectivity index (χ1n) is 8.50. The number of carbonyl (C=O) groups is 2. The molecule has 8 heteroatoms. The monoisotopic (exact) mass is 377 g/mol. The molecule has 2 aromatic rings. The topological polar surface area (TPSA) is 73.7 Å². The molecule has 1 aromatic carbocycles. The number of benzene rings is 1. The average molecular weight is 378 g/mol. The summed E-state index contributed by atoms with van der Waals surface area (Å²) in [6.45, 7) is 4.81. The van der Waals surface area contributed by atoms with Gasteiger partial charge in [-0.2, -0.15) is 5.10 Å². The molecular formula is C18H20ClN3O4. The molecule has 1 amide bonds. The minimum absolute atomic E-state index is 0.228. The zero-order chi connectivity index (χ0) is 18.7. The highest BCUT2D eigenvalue weighted by atomic mass is 35.5. The minimum atomic E-state index is -0.498. The van der Waals surface area contributed by atoms with Crippen molar-refractivity contribution in [1.82, 2.24) is 14.7 Å². The number of hydrogen-bond donors (Lipinski definition) is 0. The molecule has 2 heterocycles. The number of fused-ring (bicyclic) bond motifs is 1. The second-order valence-electron chi connectivity index (χ2n) is 5.75. The SMILES string of the molecule is CCOC(=O)c1nn(-c2ccc(Cl)cc2)c2c1CN(C(=O)OCC)CC2. The van der Waals surface area contributed by atoms with Crippen LogP contribution in [0.2, 0.25) is 5.02 Å². The van der Waals surface area contributed by atoms with E-state index in [0.29, 0.717) is 30.2 Å². The molecule has 0 N–H and O–H groups in total. The lowest BCUT2D eigenvalue weighted by Crippen LogP contribution is -2.37. The molecule has 138 valence electrons. The van der Waals surface area contributed by atoms with E-state index >= 15 is 0 Å². The fourth-order valence-electron chi connectivity index (χ4n) is 2.95. The van der Waals surface area contributed by atoms with E-state index in [0.717, 1.165) is 11.4 Å². The molecule has 0 aliphatic carbocycles. The summed E-state index contributed by atoms with van der Waals surface area (Å²) >= 11 is 5.96. The highest BCUT2D eigenvalue weighted by molar-refractivity contribution is 6.30. The van der Waals surface area contributed by atoms with Gasteiger partial charge in [0, 0.05) is 23.6 Å². The standard InChI is InChI=1S/C18H20ClN3O4/c1-3-25-17(23)16-14-11-21(18(24)26-4-2)10-9-15(14)22(20-16)13-7-5-12(19)6-8-13/h5-8H,3-4,9-11H2,1-2H3. The Hall–Kier alpha value is -2.54. The number of hydrogen-bond acceptors (Lipinski definition) is 5. The van der Waals surface area contributed by atoms with Gasteiger partial charge in [-0.05, 0) is 38.1 Å². The maximum Gasteiger partial charge on any atom is 0.410 e. The number of carbonyl (C=O) groups excluding carboxylic acids is 2.